The highest BCUT2D eigenvalue weighted by Gasteiger charge is 2.57. The molecule has 0 aromatic heterocycles. The molecule has 4 aliphatic rings. The maximum absolute atomic E-state index is 11.0. The molecule has 0 bridgehead atoms. The molecule has 3 fully saturated rings. The van der Waals surface area contributed by atoms with Crippen molar-refractivity contribution in [1.82, 2.24) is 0 Å². The van der Waals surface area contributed by atoms with Gasteiger partial charge in [0.15, 0.2) is 0 Å². The monoisotopic (exact) mass is 298 g/mol. The van der Waals surface area contributed by atoms with Gasteiger partial charge in [0.25, 0.3) is 0 Å². The van der Waals surface area contributed by atoms with Crippen LogP contribution in [-0.2, 0) is 4.79 Å². The molecule has 0 saturated heterocycles. The Bertz CT molecular complexity index is 566. The van der Waals surface area contributed by atoms with Gasteiger partial charge in [-0.25, -0.2) is 4.79 Å². The fourth-order valence-electron chi connectivity index (χ4n) is 6.93. The Hall–Kier alpha value is -0.810. The minimum Gasteiger partial charge on any atom is -0.233 e. The zero-order valence-electron chi connectivity index (χ0n) is 14.5. The number of hydrogen-bond acceptors (Lipinski definition) is 1. The second-order valence-corrected chi connectivity index (χ2v) is 9.15. The topological polar surface area (TPSA) is 17.1 Å². The summed E-state index contributed by atoms with van der Waals surface area (Å²) < 4.78 is 0. The standard InChI is InChI=1S/C21H30O/c1-14-4-7-18-17-6-5-16-12-15(13-22)8-10-21(16,3)19(17)9-11-20(14,18)2/h12,14,17-19H,4-11H2,1-3H3. The van der Waals surface area contributed by atoms with E-state index in [9.17, 15) is 4.79 Å². The zero-order chi connectivity index (χ0) is 15.5. The van der Waals surface area contributed by atoms with E-state index in [0.29, 0.717) is 10.8 Å². The highest BCUT2D eigenvalue weighted by atomic mass is 16.1. The molecular weight excluding hydrogens is 268 g/mol. The quantitative estimate of drug-likeness (QED) is 0.551. The maximum atomic E-state index is 11.0. The summed E-state index contributed by atoms with van der Waals surface area (Å²) in [6.07, 6.45) is 12.7. The van der Waals surface area contributed by atoms with Crippen LogP contribution in [-0.4, -0.2) is 5.94 Å². The van der Waals surface area contributed by atoms with Crippen LogP contribution in [0.2, 0.25) is 0 Å². The van der Waals surface area contributed by atoms with Gasteiger partial charge in [0.05, 0.1) is 0 Å². The van der Waals surface area contributed by atoms with Crippen molar-refractivity contribution in [2.24, 2.45) is 34.5 Å². The Morgan fingerprint density at radius 2 is 1.86 bits per heavy atom. The van der Waals surface area contributed by atoms with E-state index in [1.165, 1.54) is 44.9 Å². The summed E-state index contributed by atoms with van der Waals surface area (Å²) >= 11 is 0. The van der Waals surface area contributed by atoms with Crippen LogP contribution in [0.15, 0.2) is 17.2 Å². The molecule has 3 saturated carbocycles. The first kappa shape index (κ1) is 14.8. The third-order valence-corrected chi connectivity index (χ3v) is 8.60. The van der Waals surface area contributed by atoms with Gasteiger partial charge in [0, 0.05) is 5.57 Å². The average Bonchev–Trinajstić information content (AvgIpc) is 2.82. The van der Waals surface area contributed by atoms with E-state index in [0.717, 1.165) is 35.7 Å². The Morgan fingerprint density at radius 3 is 2.64 bits per heavy atom. The molecule has 0 amide bonds. The summed E-state index contributed by atoms with van der Waals surface area (Å²) in [4.78, 5) is 11.0. The minimum absolute atomic E-state index is 0.371. The maximum Gasteiger partial charge on any atom is 0.127 e. The van der Waals surface area contributed by atoms with Crippen LogP contribution in [0.3, 0.4) is 0 Å². The van der Waals surface area contributed by atoms with Crippen LogP contribution < -0.4 is 0 Å². The fraction of sp³-hybridized carbons (Fsp3) is 0.810. The molecule has 120 valence electrons. The van der Waals surface area contributed by atoms with Crippen molar-refractivity contribution in [3.63, 3.8) is 0 Å². The summed E-state index contributed by atoms with van der Waals surface area (Å²) in [5.74, 6) is 5.84. The van der Waals surface area contributed by atoms with Gasteiger partial charge in [-0.3, -0.25) is 0 Å². The molecule has 4 rings (SSSR count). The van der Waals surface area contributed by atoms with Crippen molar-refractivity contribution < 1.29 is 4.79 Å². The Kier molecular flexibility index (Phi) is 3.25. The fourth-order valence-corrected chi connectivity index (χ4v) is 6.93. The second-order valence-electron chi connectivity index (χ2n) is 9.15. The zero-order valence-corrected chi connectivity index (χ0v) is 14.5. The lowest BCUT2D eigenvalue weighted by Crippen LogP contribution is -2.49. The summed E-state index contributed by atoms with van der Waals surface area (Å²) in [7, 11) is 0. The normalized spacial score (nSPS) is 50.5. The summed E-state index contributed by atoms with van der Waals surface area (Å²) in [5.41, 5.74) is 3.48. The van der Waals surface area contributed by atoms with Gasteiger partial charge in [-0.1, -0.05) is 26.3 Å². The highest BCUT2D eigenvalue weighted by molar-refractivity contribution is 5.59. The lowest BCUT2D eigenvalue weighted by atomic mass is 9.47. The van der Waals surface area contributed by atoms with Crippen LogP contribution in [0.1, 0.15) is 72.1 Å². The Morgan fingerprint density at radius 1 is 1.05 bits per heavy atom. The van der Waals surface area contributed by atoms with E-state index in [-0.39, 0.29) is 0 Å². The van der Waals surface area contributed by atoms with Gasteiger partial charge in [-0.05, 0) is 91.9 Å². The SMILES string of the molecule is CC1CCC2C3CCC4=CC(=C=O)CCC4(C)C3CCC12C. The molecule has 0 aliphatic heterocycles. The molecule has 1 heteroatoms. The number of carbonyl (C=O) groups excluding carboxylic acids is 1. The lowest BCUT2D eigenvalue weighted by Gasteiger charge is -2.58. The highest BCUT2D eigenvalue weighted by Crippen LogP contribution is 2.66. The van der Waals surface area contributed by atoms with Gasteiger partial charge >= 0.3 is 0 Å². The molecule has 0 aromatic carbocycles. The third-order valence-electron chi connectivity index (χ3n) is 8.60. The van der Waals surface area contributed by atoms with Gasteiger partial charge < -0.3 is 0 Å². The van der Waals surface area contributed by atoms with Gasteiger partial charge in [0.2, 0.25) is 0 Å². The van der Waals surface area contributed by atoms with E-state index in [1.54, 1.807) is 5.57 Å². The minimum atomic E-state index is 0.371. The van der Waals surface area contributed by atoms with E-state index in [1.807, 2.05) is 0 Å². The van der Waals surface area contributed by atoms with Crippen molar-refractivity contribution in [2.75, 3.05) is 0 Å². The van der Waals surface area contributed by atoms with Crippen molar-refractivity contribution in [2.45, 2.75) is 72.1 Å². The van der Waals surface area contributed by atoms with Gasteiger partial charge in [-0.2, -0.15) is 0 Å². The largest absolute Gasteiger partial charge is 0.233 e. The average molecular weight is 298 g/mol. The number of fused-ring (bicyclic) bond motifs is 5. The van der Waals surface area contributed by atoms with Crippen LogP contribution in [0.4, 0.5) is 0 Å². The first-order valence-corrected chi connectivity index (χ1v) is 9.44. The number of hydrogen-bond donors (Lipinski definition) is 0. The van der Waals surface area contributed by atoms with Crippen molar-refractivity contribution in [1.29, 1.82) is 0 Å². The molecule has 0 aromatic rings. The van der Waals surface area contributed by atoms with Crippen molar-refractivity contribution in [3.8, 4) is 0 Å². The van der Waals surface area contributed by atoms with E-state index >= 15 is 0 Å². The first-order chi connectivity index (χ1) is 10.5. The first-order valence-electron chi connectivity index (χ1n) is 9.44. The molecule has 0 N–H and O–H groups in total. The molecule has 22 heavy (non-hydrogen) atoms. The van der Waals surface area contributed by atoms with Crippen LogP contribution >= 0.6 is 0 Å². The molecule has 0 heterocycles. The molecule has 1 nitrogen and oxygen atoms in total. The van der Waals surface area contributed by atoms with Crippen molar-refractivity contribution in [3.05, 3.63) is 17.2 Å². The van der Waals surface area contributed by atoms with E-state index in [4.69, 9.17) is 0 Å². The van der Waals surface area contributed by atoms with Gasteiger partial charge in [0.1, 0.15) is 5.94 Å². The molecule has 0 radical (unpaired) electrons. The molecule has 0 spiro atoms. The molecule has 6 unspecified atom stereocenters. The smallest absolute Gasteiger partial charge is 0.127 e. The van der Waals surface area contributed by atoms with E-state index < -0.39 is 0 Å². The number of rotatable bonds is 0. The molecular formula is C21H30O. The predicted molar refractivity (Wildman–Crippen MR) is 90.1 cm³/mol. The molecule has 6 atom stereocenters. The Labute approximate surface area is 135 Å². The Balaban J connectivity index is 1.69. The third kappa shape index (κ3) is 1.81. The van der Waals surface area contributed by atoms with Crippen LogP contribution in [0.5, 0.6) is 0 Å². The van der Waals surface area contributed by atoms with Crippen molar-refractivity contribution >= 4 is 5.94 Å². The molecule has 4 aliphatic carbocycles. The summed E-state index contributed by atoms with van der Waals surface area (Å²) in [6, 6.07) is 0. The van der Waals surface area contributed by atoms with Crippen LogP contribution in [0, 0.1) is 34.5 Å². The van der Waals surface area contributed by atoms with E-state index in [2.05, 4.69) is 32.8 Å². The number of allylic oxidation sites excluding steroid dienone is 3. The summed E-state index contributed by atoms with van der Waals surface area (Å²) in [5, 5.41) is 0. The summed E-state index contributed by atoms with van der Waals surface area (Å²) in [6.45, 7) is 7.60. The predicted octanol–water partition coefficient (Wildman–Crippen LogP) is 5.34. The van der Waals surface area contributed by atoms with Gasteiger partial charge in [-0.15, -0.1) is 0 Å². The lowest BCUT2D eigenvalue weighted by molar-refractivity contribution is -0.0473. The second kappa shape index (κ2) is 4.84. The van der Waals surface area contributed by atoms with Crippen LogP contribution in [0.25, 0.3) is 0 Å².